The van der Waals surface area contributed by atoms with Crippen LogP contribution >= 0.6 is 0 Å². The molecule has 0 unspecified atom stereocenters. The Morgan fingerprint density at radius 3 is 2.26 bits per heavy atom. The van der Waals surface area contributed by atoms with E-state index in [0.29, 0.717) is 0 Å². The lowest BCUT2D eigenvalue weighted by atomic mass is 10.00. The van der Waals surface area contributed by atoms with Gasteiger partial charge in [0, 0.05) is 12.1 Å². The van der Waals surface area contributed by atoms with Gasteiger partial charge >= 0.3 is 0 Å². The summed E-state index contributed by atoms with van der Waals surface area (Å²) in [6.45, 7) is 4.04. The molecule has 0 atom stereocenters. The standard InChI is InChI=1S/C16H15NO2/c1-13(7-8-14-5-3-2-4-6-14)15-9-11-16(12-10-15)17(18)19/h2-6,9-12H,1,7-8H2. The first kappa shape index (κ1) is 13.0. The van der Waals surface area contributed by atoms with E-state index in [9.17, 15) is 10.1 Å². The molecule has 0 aliphatic heterocycles. The highest BCUT2D eigenvalue weighted by atomic mass is 16.6. The fraction of sp³-hybridized carbons (Fsp3) is 0.125. The van der Waals surface area contributed by atoms with Crippen molar-refractivity contribution < 1.29 is 4.92 Å². The van der Waals surface area contributed by atoms with Gasteiger partial charge in [0.2, 0.25) is 0 Å². The number of nitro groups is 1. The number of nitro benzene ring substituents is 1. The number of non-ortho nitro benzene ring substituents is 1. The predicted octanol–water partition coefficient (Wildman–Crippen LogP) is 4.24. The normalized spacial score (nSPS) is 10.1. The summed E-state index contributed by atoms with van der Waals surface area (Å²) in [6, 6.07) is 16.7. The van der Waals surface area contributed by atoms with Gasteiger partial charge in [-0.3, -0.25) is 10.1 Å². The van der Waals surface area contributed by atoms with Crippen LogP contribution in [0, 0.1) is 10.1 Å². The number of rotatable bonds is 5. The highest BCUT2D eigenvalue weighted by Gasteiger charge is 2.05. The zero-order valence-electron chi connectivity index (χ0n) is 10.6. The van der Waals surface area contributed by atoms with Crippen molar-refractivity contribution in [1.82, 2.24) is 0 Å². The summed E-state index contributed by atoms with van der Waals surface area (Å²) in [4.78, 5) is 10.2. The molecule has 0 heterocycles. The van der Waals surface area contributed by atoms with E-state index in [2.05, 4.69) is 18.7 Å². The Balaban J connectivity index is 1.98. The van der Waals surface area contributed by atoms with Crippen LogP contribution in [-0.2, 0) is 6.42 Å². The monoisotopic (exact) mass is 253 g/mol. The molecule has 0 aliphatic carbocycles. The van der Waals surface area contributed by atoms with Gasteiger partial charge in [0.25, 0.3) is 5.69 Å². The second kappa shape index (κ2) is 5.96. The summed E-state index contributed by atoms with van der Waals surface area (Å²) in [5.74, 6) is 0. The Kier molecular flexibility index (Phi) is 4.08. The number of nitrogens with zero attached hydrogens (tertiary/aromatic N) is 1. The molecule has 96 valence electrons. The smallest absolute Gasteiger partial charge is 0.258 e. The minimum absolute atomic E-state index is 0.111. The molecule has 0 spiro atoms. The van der Waals surface area contributed by atoms with E-state index in [0.717, 1.165) is 24.0 Å². The molecular weight excluding hydrogens is 238 g/mol. The Morgan fingerprint density at radius 2 is 1.68 bits per heavy atom. The molecule has 0 saturated carbocycles. The SMILES string of the molecule is C=C(CCc1ccccc1)c1ccc([N+](=O)[O-])cc1. The van der Waals surface area contributed by atoms with Gasteiger partial charge in [-0.25, -0.2) is 0 Å². The largest absolute Gasteiger partial charge is 0.269 e. The highest BCUT2D eigenvalue weighted by Crippen LogP contribution is 2.21. The van der Waals surface area contributed by atoms with Crippen LogP contribution in [0.4, 0.5) is 5.69 Å². The molecule has 0 N–H and O–H groups in total. The van der Waals surface area contributed by atoms with Crippen LogP contribution < -0.4 is 0 Å². The molecule has 0 bridgehead atoms. The zero-order valence-corrected chi connectivity index (χ0v) is 10.6. The lowest BCUT2D eigenvalue weighted by Gasteiger charge is -2.06. The van der Waals surface area contributed by atoms with Crippen LogP contribution in [0.1, 0.15) is 17.5 Å². The van der Waals surface area contributed by atoms with Crippen LogP contribution in [0.5, 0.6) is 0 Å². The molecule has 2 aromatic rings. The van der Waals surface area contributed by atoms with Crippen molar-refractivity contribution in [3.05, 3.63) is 82.4 Å². The Bertz CT molecular complexity index is 573. The van der Waals surface area contributed by atoms with Crippen LogP contribution in [-0.4, -0.2) is 4.92 Å². The van der Waals surface area contributed by atoms with Crippen molar-refractivity contribution in [2.45, 2.75) is 12.8 Å². The van der Waals surface area contributed by atoms with E-state index in [4.69, 9.17) is 0 Å². The summed E-state index contributed by atoms with van der Waals surface area (Å²) in [5, 5.41) is 10.6. The summed E-state index contributed by atoms with van der Waals surface area (Å²) >= 11 is 0. The molecule has 19 heavy (non-hydrogen) atoms. The molecule has 0 radical (unpaired) electrons. The maximum atomic E-state index is 10.6. The first-order valence-corrected chi connectivity index (χ1v) is 6.13. The highest BCUT2D eigenvalue weighted by molar-refractivity contribution is 5.64. The van der Waals surface area contributed by atoms with Gasteiger partial charge in [-0.1, -0.05) is 36.9 Å². The molecule has 0 aromatic heterocycles. The third-order valence-electron chi connectivity index (χ3n) is 3.04. The van der Waals surface area contributed by atoms with Crippen molar-refractivity contribution in [2.24, 2.45) is 0 Å². The Labute approximate surface area is 112 Å². The first-order chi connectivity index (χ1) is 9.16. The third kappa shape index (κ3) is 3.52. The van der Waals surface area contributed by atoms with Gasteiger partial charge in [0.1, 0.15) is 0 Å². The number of allylic oxidation sites excluding steroid dienone is 1. The van der Waals surface area contributed by atoms with Crippen LogP contribution in [0.2, 0.25) is 0 Å². The quantitative estimate of drug-likeness (QED) is 0.590. The predicted molar refractivity (Wildman–Crippen MR) is 76.9 cm³/mol. The number of hydrogen-bond donors (Lipinski definition) is 0. The first-order valence-electron chi connectivity index (χ1n) is 6.13. The molecular formula is C16H15NO2. The molecule has 2 aromatic carbocycles. The second-order valence-corrected chi connectivity index (χ2v) is 4.39. The zero-order chi connectivity index (χ0) is 13.7. The molecule has 3 heteroatoms. The molecule has 3 nitrogen and oxygen atoms in total. The molecule has 0 fully saturated rings. The van der Waals surface area contributed by atoms with E-state index < -0.39 is 4.92 Å². The van der Waals surface area contributed by atoms with Gasteiger partial charge < -0.3 is 0 Å². The van der Waals surface area contributed by atoms with Crippen molar-refractivity contribution in [1.29, 1.82) is 0 Å². The van der Waals surface area contributed by atoms with Crippen LogP contribution in [0.25, 0.3) is 5.57 Å². The number of hydrogen-bond acceptors (Lipinski definition) is 2. The average Bonchev–Trinajstić information content (AvgIpc) is 2.46. The molecule has 0 saturated heterocycles. The fourth-order valence-electron chi connectivity index (χ4n) is 1.90. The van der Waals surface area contributed by atoms with E-state index in [1.807, 2.05) is 18.2 Å². The number of aryl methyl sites for hydroxylation is 1. The fourth-order valence-corrected chi connectivity index (χ4v) is 1.90. The topological polar surface area (TPSA) is 43.1 Å². The summed E-state index contributed by atoms with van der Waals surface area (Å²) in [5.41, 5.74) is 3.34. The van der Waals surface area contributed by atoms with Gasteiger partial charge in [-0.2, -0.15) is 0 Å². The molecule has 0 aliphatic rings. The van der Waals surface area contributed by atoms with Crippen molar-refractivity contribution in [3.8, 4) is 0 Å². The van der Waals surface area contributed by atoms with Gasteiger partial charge in [-0.15, -0.1) is 0 Å². The van der Waals surface area contributed by atoms with E-state index in [1.165, 1.54) is 17.7 Å². The minimum Gasteiger partial charge on any atom is -0.258 e. The van der Waals surface area contributed by atoms with E-state index in [1.54, 1.807) is 12.1 Å². The second-order valence-electron chi connectivity index (χ2n) is 4.39. The van der Waals surface area contributed by atoms with Gasteiger partial charge in [0.05, 0.1) is 4.92 Å². The Hall–Kier alpha value is -2.42. The third-order valence-corrected chi connectivity index (χ3v) is 3.04. The Morgan fingerprint density at radius 1 is 1.05 bits per heavy atom. The van der Waals surface area contributed by atoms with E-state index >= 15 is 0 Å². The lowest BCUT2D eigenvalue weighted by Crippen LogP contribution is -1.90. The maximum Gasteiger partial charge on any atom is 0.269 e. The lowest BCUT2D eigenvalue weighted by molar-refractivity contribution is -0.384. The minimum atomic E-state index is -0.392. The number of benzene rings is 2. The summed E-state index contributed by atoms with van der Waals surface area (Å²) in [6.07, 6.45) is 1.78. The van der Waals surface area contributed by atoms with E-state index in [-0.39, 0.29) is 5.69 Å². The molecule has 0 amide bonds. The van der Waals surface area contributed by atoms with Crippen molar-refractivity contribution >= 4 is 11.3 Å². The summed E-state index contributed by atoms with van der Waals surface area (Å²) in [7, 11) is 0. The van der Waals surface area contributed by atoms with Crippen LogP contribution in [0.15, 0.2) is 61.2 Å². The average molecular weight is 253 g/mol. The summed E-state index contributed by atoms with van der Waals surface area (Å²) < 4.78 is 0. The van der Waals surface area contributed by atoms with Crippen LogP contribution in [0.3, 0.4) is 0 Å². The van der Waals surface area contributed by atoms with Gasteiger partial charge in [-0.05, 0) is 41.7 Å². The van der Waals surface area contributed by atoms with Gasteiger partial charge in [0.15, 0.2) is 0 Å². The van der Waals surface area contributed by atoms with Crippen molar-refractivity contribution in [2.75, 3.05) is 0 Å². The van der Waals surface area contributed by atoms with Crippen molar-refractivity contribution in [3.63, 3.8) is 0 Å². The molecule has 2 rings (SSSR count). The maximum absolute atomic E-state index is 10.6.